The molecule has 17 heavy (non-hydrogen) atoms. The third kappa shape index (κ3) is 2.69. The van der Waals surface area contributed by atoms with Gasteiger partial charge >= 0.3 is 0 Å². The van der Waals surface area contributed by atoms with Crippen LogP contribution in [-0.2, 0) is 6.54 Å². The minimum atomic E-state index is 0.745. The molecule has 0 spiro atoms. The predicted molar refractivity (Wildman–Crippen MR) is 67.6 cm³/mol. The standard InChI is InChI=1S/C13H22N4/c14-8-10-3-5-17(6-4-10)9-12-7-13(16-15-12)11-1-2-11/h7,10-11H,1-6,8-9,14H2,(H,15,16). The molecule has 0 unspecified atom stereocenters. The monoisotopic (exact) mass is 234 g/mol. The van der Waals surface area contributed by atoms with Crippen molar-refractivity contribution < 1.29 is 0 Å². The van der Waals surface area contributed by atoms with Crippen LogP contribution in [0.15, 0.2) is 6.07 Å². The van der Waals surface area contributed by atoms with E-state index in [4.69, 9.17) is 5.73 Å². The van der Waals surface area contributed by atoms with Gasteiger partial charge in [0.15, 0.2) is 0 Å². The summed E-state index contributed by atoms with van der Waals surface area (Å²) in [7, 11) is 0. The van der Waals surface area contributed by atoms with Crippen LogP contribution in [0.5, 0.6) is 0 Å². The smallest absolute Gasteiger partial charge is 0.0656 e. The molecule has 0 radical (unpaired) electrons. The molecule has 1 aliphatic heterocycles. The lowest BCUT2D eigenvalue weighted by Crippen LogP contribution is -2.35. The Morgan fingerprint density at radius 2 is 2.06 bits per heavy atom. The van der Waals surface area contributed by atoms with Crippen molar-refractivity contribution in [2.24, 2.45) is 11.7 Å². The quantitative estimate of drug-likeness (QED) is 0.829. The van der Waals surface area contributed by atoms with Crippen LogP contribution in [0.25, 0.3) is 0 Å². The Balaban J connectivity index is 1.52. The van der Waals surface area contributed by atoms with Gasteiger partial charge in [0, 0.05) is 18.2 Å². The molecule has 0 amide bonds. The third-order valence-corrected chi connectivity index (χ3v) is 4.08. The minimum Gasteiger partial charge on any atom is -0.330 e. The van der Waals surface area contributed by atoms with Gasteiger partial charge in [0.25, 0.3) is 0 Å². The zero-order valence-electron chi connectivity index (χ0n) is 10.4. The summed E-state index contributed by atoms with van der Waals surface area (Å²) in [4.78, 5) is 2.51. The fourth-order valence-corrected chi connectivity index (χ4v) is 2.67. The maximum absolute atomic E-state index is 5.71. The minimum absolute atomic E-state index is 0.745. The van der Waals surface area contributed by atoms with Crippen molar-refractivity contribution in [3.8, 4) is 0 Å². The highest BCUT2D eigenvalue weighted by atomic mass is 15.2. The Bertz CT molecular complexity index is 361. The first-order chi connectivity index (χ1) is 8.35. The molecule has 0 aromatic carbocycles. The second kappa shape index (κ2) is 4.78. The normalized spacial score (nSPS) is 23.1. The van der Waals surface area contributed by atoms with E-state index < -0.39 is 0 Å². The first kappa shape index (κ1) is 11.2. The molecule has 1 aromatic heterocycles. The Morgan fingerprint density at radius 3 is 2.71 bits per heavy atom. The molecular weight excluding hydrogens is 212 g/mol. The highest BCUT2D eigenvalue weighted by molar-refractivity contribution is 5.17. The lowest BCUT2D eigenvalue weighted by atomic mass is 9.97. The predicted octanol–water partition coefficient (Wildman–Crippen LogP) is 1.46. The van der Waals surface area contributed by atoms with Gasteiger partial charge in [0.2, 0.25) is 0 Å². The number of hydrogen-bond donors (Lipinski definition) is 2. The summed E-state index contributed by atoms with van der Waals surface area (Å²) in [6, 6.07) is 2.26. The molecule has 2 heterocycles. The van der Waals surface area contributed by atoms with Crippen molar-refractivity contribution in [3.63, 3.8) is 0 Å². The molecular formula is C13H22N4. The Hall–Kier alpha value is -0.870. The summed E-state index contributed by atoms with van der Waals surface area (Å²) in [5, 5.41) is 7.59. The fourth-order valence-electron chi connectivity index (χ4n) is 2.67. The highest BCUT2D eigenvalue weighted by Crippen LogP contribution is 2.39. The van der Waals surface area contributed by atoms with Crippen molar-refractivity contribution >= 4 is 0 Å². The zero-order chi connectivity index (χ0) is 11.7. The van der Waals surface area contributed by atoms with Crippen LogP contribution in [0.2, 0.25) is 0 Å². The molecule has 94 valence electrons. The summed E-state index contributed by atoms with van der Waals surface area (Å²) in [5.74, 6) is 1.50. The van der Waals surface area contributed by atoms with Gasteiger partial charge in [-0.05, 0) is 57.3 Å². The van der Waals surface area contributed by atoms with Crippen LogP contribution in [0.3, 0.4) is 0 Å². The van der Waals surface area contributed by atoms with Crippen LogP contribution in [0.1, 0.15) is 43.0 Å². The number of hydrogen-bond acceptors (Lipinski definition) is 3. The summed E-state index contributed by atoms with van der Waals surface area (Å²) >= 11 is 0. The van der Waals surface area contributed by atoms with E-state index in [2.05, 4.69) is 21.2 Å². The molecule has 4 nitrogen and oxygen atoms in total. The van der Waals surface area contributed by atoms with Crippen molar-refractivity contribution in [2.75, 3.05) is 19.6 Å². The Kier molecular flexibility index (Phi) is 3.16. The van der Waals surface area contributed by atoms with Gasteiger partial charge in [-0.3, -0.25) is 10.00 Å². The van der Waals surface area contributed by atoms with E-state index in [1.54, 1.807) is 0 Å². The summed E-state index contributed by atoms with van der Waals surface area (Å²) in [5.41, 5.74) is 8.26. The Labute approximate surface area is 103 Å². The average molecular weight is 234 g/mol. The topological polar surface area (TPSA) is 57.9 Å². The van der Waals surface area contributed by atoms with Gasteiger partial charge in [-0.25, -0.2) is 0 Å². The van der Waals surface area contributed by atoms with E-state index in [0.717, 1.165) is 24.9 Å². The van der Waals surface area contributed by atoms with Gasteiger partial charge in [0.1, 0.15) is 0 Å². The number of aromatic amines is 1. The Morgan fingerprint density at radius 1 is 1.29 bits per heavy atom. The molecule has 3 N–H and O–H groups in total. The molecule has 1 aromatic rings. The zero-order valence-corrected chi connectivity index (χ0v) is 10.4. The molecule has 2 aliphatic rings. The number of aromatic nitrogens is 2. The number of H-pyrrole nitrogens is 1. The maximum atomic E-state index is 5.71. The number of rotatable bonds is 4. The summed E-state index contributed by atoms with van der Waals surface area (Å²) in [6.45, 7) is 4.24. The molecule has 3 rings (SSSR count). The van der Waals surface area contributed by atoms with Crippen LogP contribution in [0.4, 0.5) is 0 Å². The van der Waals surface area contributed by atoms with E-state index in [1.807, 2.05) is 0 Å². The van der Waals surface area contributed by atoms with E-state index in [1.165, 1.54) is 50.2 Å². The first-order valence-electron chi connectivity index (χ1n) is 6.81. The molecule has 1 saturated carbocycles. The second-order valence-corrected chi connectivity index (χ2v) is 5.55. The highest BCUT2D eigenvalue weighted by Gasteiger charge is 2.26. The van der Waals surface area contributed by atoms with Crippen molar-refractivity contribution in [1.29, 1.82) is 0 Å². The van der Waals surface area contributed by atoms with Crippen molar-refractivity contribution in [2.45, 2.75) is 38.1 Å². The maximum Gasteiger partial charge on any atom is 0.0656 e. The van der Waals surface area contributed by atoms with Gasteiger partial charge in [0.05, 0.1) is 5.69 Å². The van der Waals surface area contributed by atoms with Gasteiger partial charge in [-0.2, -0.15) is 5.10 Å². The van der Waals surface area contributed by atoms with Crippen LogP contribution in [-0.4, -0.2) is 34.7 Å². The van der Waals surface area contributed by atoms with Crippen molar-refractivity contribution in [1.82, 2.24) is 15.1 Å². The van der Waals surface area contributed by atoms with Gasteiger partial charge < -0.3 is 5.73 Å². The summed E-state index contributed by atoms with van der Waals surface area (Å²) in [6.07, 6.45) is 5.15. The van der Waals surface area contributed by atoms with E-state index in [0.29, 0.717) is 0 Å². The number of nitrogens with zero attached hydrogens (tertiary/aromatic N) is 2. The van der Waals surface area contributed by atoms with Gasteiger partial charge in [-0.15, -0.1) is 0 Å². The van der Waals surface area contributed by atoms with Crippen LogP contribution in [0, 0.1) is 5.92 Å². The molecule has 1 aliphatic carbocycles. The van der Waals surface area contributed by atoms with E-state index >= 15 is 0 Å². The van der Waals surface area contributed by atoms with Crippen molar-refractivity contribution in [3.05, 3.63) is 17.5 Å². The number of likely N-dealkylation sites (tertiary alicyclic amines) is 1. The fraction of sp³-hybridized carbons (Fsp3) is 0.769. The average Bonchev–Trinajstić information content (AvgIpc) is 3.12. The lowest BCUT2D eigenvalue weighted by molar-refractivity contribution is 0.178. The first-order valence-corrected chi connectivity index (χ1v) is 6.81. The van der Waals surface area contributed by atoms with E-state index in [9.17, 15) is 0 Å². The largest absolute Gasteiger partial charge is 0.330 e. The lowest BCUT2D eigenvalue weighted by Gasteiger charge is -2.30. The van der Waals surface area contributed by atoms with Crippen LogP contribution < -0.4 is 5.73 Å². The SMILES string of the molecule is NCC1CCN(Cc2cc(C3CC3)n[nH]2)CC1. The number of nitrogens with one attached hydrogen (secondary N) is 1. The van der Waals surface area contributed by atoms with Gasteiger partial charge in [-0.1, -0.05) is 0 Å². The second-order valence-electron chi connectivity index (χ2n) is 5.55. The molecule has 4 heteroatoms. The number of piperidine rings is 1. The van der Waals surface area contributed by atoms with E-state index in [-0.39, 0.29) is 0 Å². The molecule has 0 bridgehead atoms. The molecule has 1 saturated heterocycles. The third-order valence-electron chi connectivity index (χ3n) is 4.08. The number of nitrogens with two attached hydrogens (primary N) is 1. The molecule has 2 fully saturated rings. The molecule has 0 atom stereocenters. The summed E-state index contributed by atoms with van der Waals surface area (Å²) < 4.78 is 0. The van der Waals surface area contributed by atoms with Crippen LogP contribution >= 0.6 is 0 Å².